The molecule has 1 aromatic heterocycles. The van der Waals surface area contributed by atoms with Crippen LogP contribution in [0.15, 0.2) is 30.3 Å². The Morgan fingerprint density at radius 3 is 2.59 bits per heavy atom. The summed E-state index contributed by atoms with van der Waals surface area (Å²) in [6.07, 6.45) is 3.30. The predicted molar refractivity (Wildman–Crippen MR) is 112 cm³/mol. The normalized spacial score (nSPS) is 16.6. The second-order valence-electron chi connectivity index (χ2n) is 8.60. The van der Waals surface area contributed by atoms with E-state index in [1.165, 1.54) is 21.8 Å². The maximum Gasteiger partial charge on any atom is 0.265 e. The van der Waals surface area contributed by atoms with Gasteiger partial charge in [-0.2, -0.15) is 0 Å². The van der Waals surface area contributed by atoms with Crippen molar-refractivity contribution in [2.24, 2.45) is 11.3 Å². The lowest BCUT2D eigenvalue weighted by Gasteiger charge is -2.33. The Morgan fingerprint density at radius 1 is 1.19 bits per heavy atom. The summed E-state index contributed by atoms with van der Waals surface area (Å²) in [6, 6.07) is 9.15. The molecule has 2 aromatic rings. The molecule has 2 amide bonds. The topological polar surface area (TPSA) is 49.4 Å². The van der Waals surface area contributed by atoms with Crippen molar-refractivity contribution >= 4 is 28.8 Å². The molecule has 1 N–H and O–H groups in total. The number of hydrogen-bond acceptors (Lipinski definition) is 3. The third kappa shape index (κ3) is 4.41. The van der Waals surface area contributed by atoms with E-state index >= 15 is 0 Å². The SMILES string of the molecule is CN(C)C(=O)c1cccc(NC(=O)c2cc3c(s2)CCC(C(C)(C)C)C3)c1. The molecule has 4 nitrogen and oxygen atoms in total. The summed E-state index contributed by atoms with van der Waals surface area (Å²) in [7, 11) is 3.43. The van der Waals surface area contributed by atoms with Gasteiger partial charge < -0.3 is 10.2 Å². The zero-order chi connectivity index (χ0) is 19.8. The van der Waals surface area contributed by atoms with Crippen LogP contribution < -0.4 is 5.32 Å². The Kier molecular flexibility index (Phi) is 5.43. The van der Waals surface area contributed by atoms with E-state index in [4.69, 9.17) is 0 Å². The number of nitrogens with one attached hydrogen (secondary N) is 1. The van der Waals surface area contributed by atoms with Crippen LogP contribution in [0, 0.1) is 11.3 Å². The van der Waals surface area contributed by atoms with Gasteiger partial charge >= 0.3 is 0 Å². The molecule has 1 heterocycles. The molecule has 144 valence electrons. The van der Waals surface area contributed by atoms with E-state index in [0.29, 0.717) is 22.6 Å². The van der Waals surface area contributed by atoms with Crippen LogP contribution in [0.4, 0.5) is 5.69 Å². The smallest absolute Gasteiger partial charge is 0.265 e. The number of amides is 2. The summed E-state index contributed by atoms with van der Waals surface area (Å²) in [4.78, 5) is 28.5. The van der Waals surface area contributed by atoms with Crippen molar-refractivity contribution in [1.82, 2.24) is 4.90 Å². The molecule has 1 aliphatic rings. The van der Waals surface area contributed by atoms with Crippen molar-refractivity contribution in [3.8, 4) is 0 Å². The standard InChI is InChI=1S/C22H28N2O2S/c1-22(2,3)16-9-10-18-15(11-16)13-19(27-18)20(25)23-17-8-6-7-14(12-17)21(26)24(4)5/h6-8,12-13,16H,9-11H2,1-5H3,(H,23,25). The molecular formula is C22H28N2O2S. The molecule has 3 rings (SSSR count). The van der Waals surface area contributed by atoms with Crippen molar-refractivity contribution in [3.05, 3.63) is 51.2 Å². The highest BCUT2D eigenvalue weighted by molar-refractivity contribution is 7.14. The van der Waals surface area contributed by atoms with Crippen LogP contribution in [0.5, 0.6) is 0 Å². The van der Waals surface area contributed by atoms with Gasteiger partial charge in [-0.25, -0.2) is 0 Å². The number of carbonyl (C=O) groups excluding carboxylic acids is 2. The summed E-state index contributed by atoms with van der Waals surface area (Å²) in [5.74, 6) is 0.478. The lowest BCUT2D eigenvalue weighted by molar-refractivity contribution is 0.0827. The van der Waals surface area contributed by atoms with Crippen LogP contribution in [-0.2, 0) is 12.8 Å². The Morgan fingerprint density at radius 2 is 1.93 bits per heavy atom. The summed E-state index contributed by atoms with van der Waals surface area (Å²) in [5.41, 5.74) is 2.83. The van der Waals surface area contributed by atoms with E-state index in [1.54, 1.807) is 43.6 Å². The number of rotatable bonds is 3. The first-order chi connectivity index (χ1) is 12.6. The van der Waals surface area contributed by atoms with E-state index in [9.17, 15) is 9.59 Å². The Balaban J connectivity index is 1.74. The number of nitrogens with zero attached hydrogens (tertiary/aromatic N) is 1. The zero-order valence-electron chi connectivity index (χ0n) is 16.8. The molecule has 27 heavy (non-hydrogen) atoms. The van der Waals surface area contributed by atoms with Crippen molar-refractivity contribution in [2.75, 3.05) is 19.4 Å². The van der Waals surface area contributed by atoms with Crippen molar-refractivity contribution in [1.29, 1.82) is 0 Å². The summed E-state index contributed by atoms with van der Waals surface area (Å²) >= 11 is 1.60. The zero-order valence-corrected chi connectivity index (χ0v) is 17.6. The van der Waals surface area contributed by atoms with Gasteiger partial charge in [0.05, 0.1) is 4.88 Å². The van der Waals surface area contributed by atoms with Crippen molar-refractivity contribution in [2.45, 2.75) is 40.0 Å². The number of carbonyl (C=O) groups is 2. The average Bonchev–Trinajstić information content (AvgIpc) is 3.04. The van der Waals surface area contributed by atoms with Crippen LogP contribution in [0.25, 0.3) is 0 Å². The maximum atomic E-state index is 12.7. The van der Waals surface area contributed by atoms with Gasteiger partial charge in [0.25, 0.3) is 11.8 Å². The highest BCUT2D eigenvalue weighted by Gasteiger charge is 2.30. The largest absolute Gasteiger partial charge is 0.345 e. The van der Waals surface area contributed by atoms with Crippen molar-refractivity contribution < 1.29 is 9.59 Å². The fourth-order valence-corrected chi connectivity index (χ4v) is 4.66. The lowest BCUT2D eigenvalue weighted by atomic mass is 9.72. The van der Waals surface area contributed by atoms with E-state index in [2.05, 4.69) is 32.2 Å². The Labute approximate surface area is 165 Å². The number of aryl methyl sites for hydroxylation is 1. The third-order valence-electron chi connectivity index (χ3n) is 5.30. The van der Waals surface area contributed by atoms with Crippen LogP contribution >= 0.6 is 11.3 Å². The molecule has 1 aliphatic carbocycles. The molecule has 0 saturated carbocycles. The summed E-state index contributed by atoms with van der Waals surface area (Å²) < 4.78 is 0. The number of benzene rings is 1. The van der Waals surface area contributed by atoms with E-state index in [-0.39, 0.29) is 11.8 Å². The molecule has 1 unspecified atom stereocenters. The quantitative estimate of drug-likeness (QED) is 0.822. The van der Waals surface area contributed by atoms with Crippen LogP contribution in [0.3, 0.4) is 0 Å². The molecule has 5 heteroatoms. The first-order valence-corrected chi connectivity index (χ1v) is 10.2. The molecule has 0 radical (unpaired) electrons. The van der Waals surface area contributed by atoms with Gasteiger partial charge in [0.1, 0.15) is 0 Å². The van der Waals surface area contributed by atoms with E-state index < -0.39 is 0 Å². The first-order valence-electron chi connectivity index (χ1n) is 9.40. The van der Waals surface area contributed by atoms with Gasteiger partial charge in [-0.3, -0.25) is 9.59 Å². The number of thiophene rings is 1. The lowest BCUT2D eigenvalue weighted by Crippen LogP contribution is -2.26. The van der Waals surface area contributed by atoms with Crippen molar-refractivity contribution in [3.63, 3.8) is 0 Å². The van der Waals surface area contributed by atoms with Gasteiger partial charge in [0.15, 0.2) is 0 Å². The molecule has 0 saturated heterocycles. The predicted octanol–water partition coefficient (Wildman–Crippen LogP) is 4.85. The number of anilines is 1. The molecule has 0 spiro atoms. The second kappa shape index (κ2) is 7.47. The Hall–Kier alpha value is -2.14. The first kappa shape index (κ1) is 19.6. The fourth-order valence-electron chi connectivity index (χ4n) is 3.56. The maximum absolute atomic E-state index is 12.7. The summed E-state index contributed by atoms with van der Waals surface area (Å²) in [5, 5.41) is 2.94. The molecule has 1 aromatic carbocycles. The average molecular weight is 385 g/mol. The number of fused-ring (bicyclic) bond motifs is 1. The van der Waals surface area contributed by atoms with Gasteiger partial charge in [-0.05, 0) is 60.4 Å². The summed E-state index contributed by atoms with van der Waals surface area (Å²) in [6.45, 7) is 6.89. The highest BCUT2D eigenvalue weighted by atomic mass is 32.1. The van der Waals surface area contributed by atoms with E-state index in [0.717, 1.165) is 17.7 Å². The van der Waals surface area contributed by atoms with Crippen LogP contribution in [-0.4, -0.2) is 30.8 Å². The van der Waals surface area contributed by atoms with Gasteiger partial charge in [0.2, 0.25) is 0 Å². The minimum atomic E-state index is -0.101. The minimum Gasteiger partial charge on any atom is -0.345 e. The van der Waals surface area contributed by atoms with Gasteiger partial charge in [-0.15, -0.1) is 11.3 Å². The second-order valence-corrected chi connectivity index (χ2v) is 9.74. The van der Waals surface area contributed by atoms with Crippen LogP contribution in [0.2, 0.25) is 0 Å². The van der Waals surface area contributed by atoms with E-state index in [1.807, 2.05) is 6.07 Å². The third-order valence-corrected chi connectivity index (χ3v) is 6.54. The monoisotopic (exact) mass is 384 g/mol. The molecule has 1 atom stereocenters. The molecule has 0 aliphatic heterocycles. The molecule has 0 fully saturated rings. The van der Waals surface area contributed by atoms with Gasteiger partial charge in [0, 0.05) is 30.2 Å². The molecular weight excluding hydrogens is 356 g/mol. The molecule has 0 bridgehead atoms. The fraction of sp³-hybridized carbons (Fsp3) is 0.455. The Bertz CT molecular complexity index is 861. The van der Waals surface area contributed by atoms with Crippen LogP contribution in [0.1, 0.15) is 57.7 Å². The number of hydrogen-bond donors (Lipinski definition) is 1. The van der Waals surface area contributed by atoms with Gasteiger partial charge in [-0.1, -0.05) is 26.8 Å². The minimum absolute atomic E-state index is 0.0779. The highest BCUT2D eigenvalue weighted by Crippen LogP contribution is 2.40.